The number of aliphatic carboxylic acids is 1. The molecule has 0 fully saturated rings. The Balaban J connectivity index is 1.99. The molecule has 152 valence electrons. The van der Waals surface area contributed by atoms with Crippen molar-refractivity contribution < 1.29 is 19.4 Å². The van der Waals surface area contributed by atoms with Crippen molar-refractivity contribution in [2.45, 2.75) is 28.2 Å². The molecule has 1 aliphatic rings. The fraction of sp³-hybridized carbons (Fsp3) is 0.273. The molecule has 7 heteroatoms. The zero-order chi connectivity index (χ0) is 21.0. The Kier molecular flexibility index (Phi) is 7.05. The number of fused-ring (bicyclic) bond motifs is 2. The number of benzene rings is 2. The van der Waals surface area contributed by atoms with E-state index in [4.69, 9.17) is 9.84 Å². The standard InChI is InChI=1S/C22H23NO4S2/c1-23(2)20(27-22(26)21(24)25)11-9-15-16-6-4-5-7-18(16)29-19-10-8-14(13-28-3)12-17(15)19/h4-10,12,20H,11,13H2,1-3H3,(H,24,25)/b15-9+. The molecule has 3 rings (SSSR count). The summed E-state index contributed by atoms with van der Waals surface area (Å²) in [6.45, 7) is 0. The van der Waals surface area contributed by atoms with Crippen LogP contribution in [0.4, 0.5) is 0 Å². The van der Waals surface area contributed by atoms with Gasteiger partial charge >= 0.3 is 11.9 Å². The minimum atomic E-state index is -1.59. The Morgan fingerprint density at radius 2 is 1.90 bits per heavy atom. The van der Waals surface area contributed by atoms with Crippen molar-refractivity contribution in [2.75, 3.05) is 20.4 Å². The second-order valence-electron chi connectivity index (χ2n) is 6.84. The van der Waals surface area contributed by atoms with Gasteiger partial charge in [-0.15, -0.1) is 0 Å². The van der Waals surface area contributed by atoms with E-state index in [-0.39, 0.29) is 0 Å². The molecule has 1 atom stereocenters. The third-order valence-electron chi connectivity index (χ3n) is 4.56. The molecule has 29 heavy (non-hydrogen) atoms. The second kappa shape index (κ2) is 9.52. The van der Waals surface area contributed by atoms with Crippen LogP contribution < -0.4 is 0 Å². The molecule has 1 heterocycles. The molecule has 1 unspecified atom stereocenters. The van der Waals surface area contributed by atoms with Crippen LogP contribution in [0.25, 0.3) is 5.57 Å². The maximum atomic E-state index is 11.5. The SMILES string of the molecule is CSCc1ccc2c(c1)/C(=C/CC(OC(=O)C(=O)O)N(C)C)c1ccccc1S2. The highest BCUT2D eigenvalue weighted by atomic mass is 32.2. The number of carbonyl (C=O) groups is 2. The van der Waals surface area contributed by atoms with E-state index >= 15 is 0 Å². The van der Waals surface area contributed by atoms with Gasteiger partial charge in [-0.2, -0.15) is 11.8 Å². The number of ether oxygens (including phenoxy) is 1. The summed E-state index contributed by atoms with van der Waals surface area (Å²) in [5, 5.41) is 8.86. The Bertz CT molecular complexity index is 956. The van der Waals surface area contributed by atoms with Crippen molar-refractivity contribution in [3.8, 4) is 0 Å². The van der Waals surface area contributed by atoms with E-state index in [2.05, 4.69) is 36.6 Å². The van der Waals surface area contributed by atoms with E-state index in [0.29, 0.717) is 6.42 Å². The predicted octanol–water partition coefficient (Wildman–Crippen LogP) is 4.35. The van der Waals surface area contributed by atoms with E-state index in [1.807, 2.05) is 18.2 Å². The van der Waals surface area contributed by atoms with Crippen LogP contribution in [0.5, 0.6) is 0 Å². The molecular formula is C22H23NO4S2. The van der Waals surface area contributed by atoms with Gasteiger partial charge in [-0.3, -0.25) is 4.90 Å². The zero-order valence-corrected chi connectivity index (χ0v) is 18.2. The largest absolute Gasteiger partial charge is 0.473 e. The number of esters is 1. The zero-order valence-electron chi connectivity index (χ0n) is 16.5. The van der Waals surface area contributed by atoms with E-state index in [1.165, 1.54) is 15.4 Å². The van der Waals surface area contributed by atoms with Crippen LogP contribution in [0.15, 0.2) is 58.3 Å². The van der Waals surface area contributed by atoms with Gasteiger partial charge in [0.2, 0.25) is 0 Å². The highest BCUT2D eigenvalue weighted by Gasteiger charge is 2.24. The molecule has 0 radical (unpaired) electrons. The fourth-order valence-electron chi connectivity index (χ4n) is 3.15. The second-order valence-corrected chi connectivity index (χ2v) is 8.79. The number of nitrogens with zero attached hydrogens (tertiary/aromatic N) is 1. The third-order valence-corrected chi connectivity index (χ3v) is 6.33. The number of hydrogen-bond acceptors (Lipinski definition) is 6. The molecule has 1 N–H and O–H groups in total. The maximum Gasteiger partial charge on any atom is 0.418 e. The van der Waals surface area contributed by atoms with Crippen molar-refractivity contribution in [3.63, 3.8) is 0 Å². The summed E-state index contributed by atoms with van der Waals surface area (Å²) in [6.07, 6.45) is 3.84. The van der Waals surface area contributed by atoms with Crippen molar-refractivity contribution >= 4 is 41.0 Å². The molecule has 0 aromatic heterocycles. The highest BCUT2D eigenvalue weighted by Crippen LogP contribution is 2.46. The smallest absolute Gasteiger partial charge is 0.418 e. The molecular weight excluding hydrogens is 406 g/mol. The molecule has 2 aromatic rings. The molecule has 2 aromatic carbocycles. The number of carbonyl (C=O) groups excluding carboxylic acids is 1. The summed E-state index contributed by atoms with van der Waals surface area (Å²) in [5.41, 5.74) is 4.62. The topological polar surface area (TPSA) is 66.8 Å². The minimum absolute atomic E-state index is 0.381. The monoisotopic (exact) mass is 429 g/mol. The van der Waals surface area contributed by atoms with Crippen LogP contribution in [0.3, 0.4) is 0 Å². The molecule has 0 amide bonds. The number of thioether (sulfide) groups is 1. The van der Waals surface area contributed by atoms with Gasteiger partial charge in [0, 0.05) is 22.0 Å². The van der Waals surface area contributed by atoms with Gasteiger partial charge in [-0.1, -0.05) is 42.1 Å². The molecule has 0 spiro atoms. The van der Waals surface area contributed by atoms with Crippen LogP contribution in [-0.2, 0) is 20.1 Å². The summed E-state index contributed by atoms with van der Waals surface area (Å²) >= 11 is 3.52. The van der Waals surface area contributed by atoms with Crippen molar-refractivity contribution in [1.82, 2.24) is 4.90 Å². The molecule has 0 aliphatic carbocycles. The lowest BCUT2D eigenvalue weighted by molar-refractivity contribution is -0.172. The number of carboxylic acids is 1. The Morgan fingerprint density at radius 1 is 1.17 bits per heavy atom. The van der Waals surface area contributed by atoms with Crippen LogP contribution in [0.1, 0.15) is 23.1 Å². The van der Waals surface area contributed by atoms with Gasteiger partial charge in [-0.25, -0.2) is 9.59 Å². The average Bonchev–Trinajstić information content (AvgIpc) is 2.70. The van der Waals surface area contributed by atoms with E-state index in [1.54, 1.807) is 42.5 Å². The minimum Gasteiger partial charge on any atom is -0.473 e. The normalized spacial score (nSPS) is 15.0. The summed E-state index contributed by atoms with van der Waals surface area (Å²) in [7, 11) is 3.51. The van der Waals surface area contributed by atoms with Crippen LogP contribution in [-0.4, -0.2) is 48.5 Å². The lowest BCUT2D eigenvalue weighted by Gasteiger charge is -2.25. The first-order valence-corrected chi connectivity index (χ1v) is 11.3. The first kappa shape index (κ1) is 21.5. The molecule has 1 aliphatic heterocycles. The Morgan fingerprint density at radius 3 is 2.59 bits per heavy atom. The lowest BCUT2D eigenvalue weighted by atomic mass is 9.94. The summed E-state index contributed by atoms with van der Waals surface area (Å²) in [5.74, 6) is -1.90. The number of carboxylic acid groups (broad SMARTS) is 1. The molecule has 0 bridgehead atoms. The van der Waals surface area contributed by atoms with Crippen molar-refractivity contribution in [2.24, 2.45) is 0 Å². The van der Waals surface area contributed by atoms with Crippen LogP contribution in [0.2, 0.25) is 0 Å². The third kappa shape index (κ3) is 5.04. The summed E-state index contributed by atoms with van der Waals surface area (Å²) < 4.78 is 5.14. The Hall–Kier alpha value is -2.22. The highest BCUT2D eigenvalue weighted by molar-refractivity contribution is 7.99. The van der Waals surface area contributed by atoms with Crippen LogP contribution >= 0.6 is 23.5 Å². The van der Waals surface area contributed by atoms with Gasteiger partial charge < -0.3 is 9.84 Å². The van der Waals surface area contributed by atoms with E-state index < -0.39 is 18.2 Å². The summed E-state index contributed by atoms with van der Waals surface area (Å²) in [6, 6.07) is 14.8. The van der Waals surface area contributed by atoms with Crippen LogP contribution in [0, 0.1) is 0 Å². The molecule has 0 saturated carbocycles. The predicted molar refractivity (Wildman–Crippen MR) is 117 cm³/mol. The number of hydrogen-bond donors (Lipinski definition) is 1. The first-order valence-electron chi connectivity index (χ1n) is 9.10. The quantitative estimate of drug-likeness (QED) is 0.355. The van der Waals surface area contributed by atoms with Crippen molar-refractivity contribution in [1.29, 1.82) is 0 Å². The van der Waals surface area contributed by atoms with Crippen molar-refractivity contribution in [3.05, 3.63) is 65.2 Å². The number of rotatable bonds is 6. The molecule has 0 saturated heterocycles. The van der Waals surface area contributed by atoms with Gasteiger partial charge in [0.25, 0.3) is 0 Å². The molecule has 5 nitrogen and oxygen atoms in total. The van der Waals surface area contributed by atoms with Gasteiger partial charge in [-0.05, 0) is 60.8 Å². The van der Waals surface area contributed by atoms with E-state index in [9.17, 15) is 9.59 Å². The lowest BCUT2D eigenvalue weighted by Crippen LogP contribution is -2.34. The maximum absolute atomic E-state index is 11.5. The first-order chi connectivity index (χ1) is 13.9. The fourth-order valence-corrected chi connectivity index (χ4v) is 4.75. The van der Waals surface area contributed by atoms with E-state index in [0.717, 1.165) is 22.5 Å². The Labute approximate surface area is 179 Å². The summed E-state index contributed by atoms with van der Waals surface area (Å²) in [4.78, 5) is 26.5. The van der Waals surface area contributed by atoms with Gasteiger partial charge in [0.05, 0.1) is 0 Å². The average molecular weight is 430 g/mol. The van der Waals surface area contributed by atoms with Gasteiger partial charge in [0.1, 0.15) is 0 Å². The van der Waals surface area contributed by atoms with Gasteiger partial charge in [0.15, 0.2) is 6.23 Å².